The van der Waals surface area contributed by atoms with Crippen molar-refractivity contribution in [2.24, 2.45) is 0 Å². The van der Waals surface area contributed by atoms with E-state index in [0.717, 1.165) is 36.5 Å². The van der Waals surface area contributed by atoms with Crippen LogP contribution in [0, 0.1) is 0 Å². The second-order valence-corrected chi connectivity index (χ2v) is 8.64. The molecule has 1 atom stereocenters. The van der Waals surface area contributed by atoms with Crippen LogP contribution < -0.4 is 10.5 Å². The first-order chi connectivity index (χ1) is 14.2. The van der Waals surface area contributed by atoms with Gasteiger partial charge in [0.2, 0.25) is 0 Å². The maximum atomic E-state index is 12.8. The SMILES string of the molecule is O=c1c(Cl)c(N2CCCC(c3nc4ccccc4s3)C2)cnn1-c1ccccc1. The quantitative estimate of drug-likeness (QED) is 0.472. The van der Waals surface area contributed by atoms with Crippen LogP contribution in [0.15, 0.2) is 65.6 Å². The Labute approximate surface area is 177 Å². The summed E-state index contributed by atoms with van der Waals surface area (Å²) in [6, 6.07) is 17.6. The highest BCUT2D eigenvalue weighted by Gasteiger charge is 2.26. The Morgan fingerprint density at radius 2 is 1.86 bits per heavy atom. The van der Waals surface area contributed by atoms with Crippen LogP contribution in [-0.4, -0.2) is 27.9 Å². The van der Waals surface area contributed by atoms with Gasteiger partial charge in [0.05, 0.1) is 32.8 Å². The van der Waals surface area contributed by atoms with E-state index in [4.69, 9.17) is 16.6 Å². The minimum atomic E-state index is -0.294. The molecule has 0 bridgehead atoms. The van der Waals surface area contributed by atoms with Crippen molar-refractivity contribution in [2.45, 2.75) is 18.8 Å². The topological polar surface area (TPSA) is 51.0 Å². The zero-order valence-electron chi connectivity index (χ0n) is 15.7. The van der Waals surface area contributed by atoms with Crippen LogP contribution in [0.1, 0.15) is 23.8 Å². The molecule has 2 aromatic heterocycles. The minimum Gasteiger partial charge on any atom is -0.368 e. The molecule has 4 aromatic rings. The molecule has 0 saturated carbocycles. The fraction of sp³-hybridized carbons (Fsp3) is 0.227. The normalized spacial score (nSPS) is 17.0. The van der Waals surface area contributed by atoms with Crippen LogP contribution in [-0.2, 0) is 0 Å². The molecule has 5 nitrogen and oxygen atoms in total. The molecule has 0 spiro atoms. The fourth-order valence-electron chi connectivity index (χ4n) is 3.86. The molecule has 0 amide bonds. The molecule has 7 heteroatoms. The molecule has 1 aliphatic heterocycles. The summed E-state index contributed by atoms with van der Waals surface area (Å²) >= 11 is 8.27. The van der Waals surface area contributed by atoms with E-state index in [9.17, 15) is 4.79 Å². The third-order valence-electron chi connectivity index (χ3n) is 5.32. The number of piperidine rings is 1. The van der Waals surface area contributed by atoms with Crippen molar-refractivity contribution in [3.63, 3.8) is 0 Å². The molecule has 29 heavy (non-hydrogen) atoms. The van der Waals surface area contributed by atoms with Gasteiger partial charge in [0.15, 0.2) is 0 Å². The lowest BCUT2D eigenvalue weighted by molar-refractivity contribution is 0.508. The average molecular weight is 423 g/mol. The number of para-hydroxylation sites is 2. The maximum Gasteiger partial charge on any atom is 0.292 e. The third-order valence-corrected chi connectivity index (χ3v) is 6.88. The number of anilines is 1. The number of fused-ring (bicyclic) bond motifs is 1. The van der Waals surface area contributed by atoms with Crippen LogP contribution in [0.3, 0.4) is 0 Å². The minimum absolute atomic E-state index is 0.216. The van der Waals surface area contributed by atoms with Gasteiger partial charge in [-0.1, -0.05) is 41.9 Å². The smallest absolute Gasteiger partial charge is 0.292 e. The van der Waals surface area contributed by atoms with Crippen molar-refractivity contribution in [2.75, 3.05) is 18.0 Å². The summed E-state index contributed by atoms with van der Waals surface area (Å²) in [5.41, 5.74) is 2.17. The first-order valence-corrected chi connectivity index (χ1v) is 10.8. The van der Waals surface area contributed by atoms with Crippen molar-refractivity contribution in [3.05, 3.63) is 81.2 Å². The Morgan fingerprint density at radius 1 is 1.07 bits per heavy atom. The highest BCUT2D eigenvalue weighted by molar-refractivity contribution is 7.18. The Balaban J connectivity index is 1.45. The van der Waals surface area contributed by atoms with Crippen LogP contribution in [0.4, 0.5) is 5.69 Å². The monoisotopic (exact) mass is 422 g/mol. The highest BCUT2D eigenvalue weighted by atomic mass is 35.5. The lowest BCUT2D eigenvalue weighted by atomic mass is 9.98. The molecule has 2 aromatic carbocycles. The summed E-state index contributed by atoms with van der Waals surface area (Å²) in [5, 5.41) is 5.75. The Hall–Kier alpha value is -2.70. The molecule has 0 aliphatic carbocycles. The molecule has 1 unspecified atom stereocenters. The molecule has 3 heterocycles. The number of thiazole rings is 1. The zero-order valence-corrected chi connectivity index (χ0v) is 17.2. The van der Waals surface area contributed by atoms with Gasteiger partial charge in [-0.3, -0.25) is 4.79 Å². The number of rotatable bonds is 3. The van der Waals surface area contributed by atoms with Crippen molar-refractivity contribution in [1.29, 1.82) is 0 Å². The number of halogens is 1. The first kappa shape index (κ1) is 18.3. The predicted molar refractivity (Wildman–Crippen MR) is 119 cm³/mol. The van der Waals surface area contributed by atoms with Gasteiger partial charge < -0.3 is 4.90 Å². The first-order valence-electron chi connectivity index (χ1n) is 9.64. The van der Waals surface area contributed by atoms with Gasteiger partial charge in [0.25, 0.3) is 5.56 Å². The van der Waals surface area contributed by atoms with Crippen molar-refractivity contribution < 1.29 is 0 Å². The lowest BCUT2D eigenvalue weighted by Crippen LogP contribution is -2.36. The van der Waals surface area contributed by atoms with Gasteiger partial charge in [0.1, 0.15) is 5.02 Å². The van der Waals surface area contributed by atoms with Gasteiger partial charge >= 0.3 is 0 Å². The van der Waals surface area contributed by atoms with E-state index in [1.54, 1.807) is 17.5 Å². The average Bonchev–Trinajstić information content (AvgIpc) is 3.21. The largest absolute Gasteiger partial charge is 0.368 e. The third kappa shape index (κ3) is 3.43. The standard InChI is InChI=1S/C22H19ClN4OS/c23-20-18(13-24-27(22(20)28)16-8-2-1-3-9-16)26-12-6-7-15(14-26)21-25-17-10-4-5-11-19(17)29-21/h1-5,8-11,13,15H,6-7,12,14H2. The van der Waals surface area contributed by atoms with Gasteiger partial charge in [-0.05, 0) is 37.1 Å². The highest BCUT2D eigenvalue weighted by Crippen LogP contribution is 2.35. The molecule has 1 saturated heterocycles. The summed E-state index contributed by atoms with van der Waals surface area (Å²) < 4.78 is 2.56. The van der Waals surface area contributed by atoms with Gasteiger partial charge in [-0.15, -0.1) is 11.3 Å². The second kappa shape index (κ2) is 7.61. The Kier molecular flexibility index (Phi) is 4.81. The van der Waals surface area contributed by atoms with Gasteiger partial charge in [-0.2, -0.15) is 9.78 Å². The van der Waals surface area contributed by atoms with E-state index < -0.39 is 0 Å². The van der Waals surface area contributed by atoms with E-state index in [1.807, 2.05) is 42.5 Å². The summed E-state index contributed by atoms with van der Waals surface area (Å²) in [7, 11) is 0. The van der Waals surface area contributed by atoms with Crippen LogP contribution in [0.25, 0.3) is 15.9 Å². The molecule has 146 valence electrons. The number of aromatic nitrogens is 3. The van der Waals surface area contributed by atoms with Crippen molar-refractivity contribution >= 4 is 38.8 Å². The fourth-order valence-corrected chi connectivity index (χ4v) is 5.20. The number of nitrogens with zero attached hydrogens (tertiary/aromatic N) is 4. The lowest BCUT2D eigenvalue weighted by Gasteiger charge is -2.33. The molecular formula is C22H19ClN4OS. The Bertz CT molecular complexity index is 1190. The van der Waals surface area contributed by atoms with E-state index >= 15 is 0 Å². The molecule has 1 aliphatic rings. The number of benzene rings is 2. The summed E-state index contributed by atoms with van der Waals surface area (Å²) in [5.74, 6) is 0.328. The number of hydrogen-bond acceptors (Lipinski definition) is 5. The molecular weight excluding hydrogens is 404 g/mol. The van der Waals surface area contributed by atoms with E-state index in [2.05, 4.69) is 22.1 Å². The second-order valence-electron chi connectivity index (χ2n) is 7.20. The Morgan fingerprint density at radius 3 is 2.69 bits per heavy atom. The van der Waals surface area contributed by atoms with Crippen LogP contribution >= 0.6 is 22.9 Å². The molecule has 1 fully saturated rings. The molecule has 0 N–H and O–H groups in total. The van der Waals surface area contributed by atoms with Crippen molar-refractivity contribution in [3.8, 4) is 5.69 Å². The summed E-state index contributed by atoms with van der Waals surface area (Å²) in [6.45, 7) is 1.65. The van der Waals surface area contributed by atoms with E-state index in [0.29, 0.717) is 17.3 Å². The molecule has 0 radical (unpaired) electrons. The summed E-state index contributed by atoms with van der Waals surface area (Å²) in [6.07, 6.45) is 3.82. The summed E-state index contributed by atoms with van der Waals surface area (Å²) in [4.78, 5) is 19.8. The van der Waals surface area contributed by atoms with Crippen molar-refractivity contribution in [1.82, 2.24) is 14.8 Å². The predicted octanol–water partition coefficient (Wildman–Crippen LogP) is 4.88. The molecule has 5 rings (SSSR count). The van der Waals surface area contributed by atoms with E-state index in [1.165, 1.54) is 9.38 Å². The number of hydrogen-bond donors (Lipinski definition) is 0. The van der Waals surface area contributed by atoms with Crippen LogP contribution in [0.2, 0.25) is 5.02 Å². The van der Waals surface area contributed by atoms with Crippen LogP contribution in [0.5, 0.6) is 0 Å². The maximum absolute atomic E-state index is 12.8. The van der Waals surface area contributed by atoms with Gasteiger partial charge in [0, 0.05) is 19.0 Å². The van der Waals surface area contributed by atoms with E-state index in [-0.39, 0.29) is 10.6 Å². The zero-order chi connectivity index (χ0) is 19.8. The van der Waals surface area contributed by atoms with Gasteiger partial charge in [-0.25, -0.2) is 4.98 Å².